The molecular weight excluding hydrogens is 326 g/mol. The second-order valence-electron chi connectivity index (χ2n) is 4.36. The van der Waals surface area contributed by atoms with E-state index in [4.69, 9.17) is 11.6 Å². The van der Waals surface area contributed by atoms with E-state index in [-0.39, 0.29) is 11.6 Å². The summed E-state index contributed by atoms with van der Waals surface area (Å²) < 4.78 is 0. The van der Waals surface area contributed by atoms with Crippen LogP contribution in [0.3, 0.4) is 0 Å². The van der Waals surface area contributed by atoms with Gasteiger partial charge in [-0.1, -0.05) is 17.7 Å². The van der Waals surface area contributed by atoms with E-state index < -0.39 is 4.92 Å². The number of anilines is 1. The van der Waals surface area contributed by atoms with Crippen molar-refractivity contribution < 1.29 is 9.72 Å². The van der Waals surface area contributed by atoms with Crippen LogP contribution in [0.15, 0.2) is 30.9 Å². The summed E-state index contributed by atoms with van der Waals surface area (Å²) in [4.78, 5) is 21.5. The first-order valence-corrected chi connectivity index (χ1v) is 8.21. The van der Waals surface area contributed by atoms with Gasteiger partial charge in [0.25, 0.3) is 5.69 Å². The Hall–Kier alpha value is -1.73. The summed E-state index contributed by atoms with van der Waals surface area (Å²) in [6.07, 6.45) is 2.49. The number of hydrogen-bond donors (Lipinski definition) is 2. The fourth-order valence-corrected chi connectivity index (χ4v) is 2.40. The molecule has 0 atom stereocenters. The van der Waals surface area contributed by atoms with Gasteiger partial charge in [0.15, 0.2) is 0 Å². The number of carbonyl (C=O) groups is 1. The molecule has 0 spiro atoms. The molecule has 1 aromatic rings. The minimum Gasteiger partial charge on any atom is -0.384 e. The summed E-state index contributed by atoms with van der Waals surface area (Å²) >= 11 is 7.47. The monoisotopic (exact) mass is 343 g/mol. The molecule has 120 valence electrons. The van der Waals surface area contributed by atoms with Gasteiger partial charge < -0.3 is 10.6 Å². The molecule has 8 heteroatoms. The van der Waals surface area contributed by atoms with Crippen LogP contribution in [0.5, 0.6) is 0 Å². The molecule has 0 aliphatic rings. The third-order valence-corrected chi connectivity index (χ3v) is 3.87. The minimum absolute atomic E-state index is 0.000202. The lowest BCUT2D eigenvalue weighted by Crippen LogP contribution is -2.27. The van der Waals surface area contributed by atoms with Gasteiger partial charge in [-0.25, -0.2) is 0 Å². The highest BCUT2D eigenvalue weighted by atomic mass is 35.5. The number of nitro benzene ring substituents is 1. The SMILES string of the molecule is C=CCSCC(=O)NCCCNc1ccc([N+](=O)[O-])cc1Cl. The Bertz CT molecular complexity index is 540. The average Bonchev–Trinajstić information content (AvgIpc) is 2.48. The lowest BCUT2D eigenvalue weighted by atomic mass is 10.2. The van der Waals surface area contributed by atoms with Crippen molar-refractivity contribution in [2.45, 2.75) is 6.42 Å². The zero-order chi connectivity index (χ0) is 16.4. The van der Waals surface area contributed by atoms with Crippen molar-refractivity contribution in [3.05, 3.63) is 46.0 Å². The predicted molar refractivity (Wildman–Crippen MR) is 91.7 cm³/mol. The van der Waals surface area contributed by atoms with Gasteiger partial charge in [-0.05, 0) is 12.5 Å². The molecule has 0 unspecified atom stereocenters. The first-order chi connectivity index (χ1) is 10.5. The molecule has 0 saturated carbocycles. The van der Waals surface area contributed by atoms with E-state index in [0.29, 0.717) is 29.6 Å². The summed E-state index contributed by atoms with van der Waals surface area (Å²) in [5.74, 6) is 1.18. The molecule has 6 nitrogen and oxygen atoms in total. The molecule has 0 bridgehead atoms. The van der Waals surface area contributed by atoms with E-state index in [9.17, 15) is 14.9 Å². The van der Waals surface area contributed by atoms with Crippen molar-refractivity contribution in [2.75, 3.05) is 29.9 Å². The van der Waals surface area contributed by atoms with Gasteiger partial charge in [0.1, 0.15) is 0 Å². The van der Waals surface area contributed by atoms with Crippen molar-refractivity contribution in [2.24, 2.45) is 0 Å². The second kappa shape index (κ2) is 10.1. The Labute approximate surface area is 138 Å². The van der Waals surface area contributed by atoms with Crippen molar-refractivity contribution in [1.29, 1.82) is 0 Å². The molecule has 22 heavy (non-hydrogen) atoms. The van der Waals surface area contributed by atoms with Crippen LogP contribution in [0, 0.1) is 10.1 Å². The second-order valence-corrected chi connectivity index (χ2v) is 5.79. The van der Waals surface area contributed by atoms with E-state index in [1.54, 1.807) is 12.1 Å². The number of rotatable bonds is 10. The number of hydrogen-bond acceptors (Lipinski definition) is 5. The molecule has 0 saturated heterocycles. The molecule has 2 N–H and O–H groups in total. The quantitative estimate of drug-likeness (QED) is 0.295. The predicted octanol–water partition coefficient (Wildman–Crippen LogP) is 3.09. The Morgan fingerprint density at radius 1 is 1.45 bits per heavy atom. The summed E-state index contributed by atoms with van der Waals surface area (Å²) in [5, 5.41) is 16.8. The van der Waals surface area contributed by atoms with Crippen LogP contribution in [0.25, 0.3) is 0 Å². The van der Waals surface area contributed by atoms with E-state index >= 15 is 0 Å². The number of halogens is 1. The van der Waals surface area contributed by atoms with Gasteiger partial charge in [-0.15, -0.1) is 18.3 Å². The van der Waals surface area contributed by atoms with Crippen molar-refractivity contribution in [3.8, 4) is 0 Å². The third kappa shape index (κ3) is 6.82. The van der Waals surface area contributed by atoms with Gasteiger partial charge in [0.05, 0.1) is 21.4 Å². The number of thioether (sulfide) groups is 1. The van der Waals surface area contributed by atoms with E-state index in [1.807, 2.05) is 0 Å². The van der Waals surface area contributed by atoms with E-state index in [0.717, 1.165) is 12.2 Å². The van der Waals surface area contributed by atoms with Gasteiger partial charge >= 0.3 is 0 Å². The molecular formula is C14H18ClN3O3S. The summed E-state index contributed by atoms with van der Waals surface area (Å²) in [6, 6.07) is 4.28. The van der Waals surface area contributed by atoms with Crippen molar-refractivity contribution in [3.63, 3.8) is 0 Å². The Morgan fingerprint density at radius 3 is 2.86 bits per heavy atom. The molecule has 1 aromatic carbocycles. The maximum atomic E-state index is 11.4. The minimum atomic E-state index is -0.491. The van der Waals surface area contributed by atoms with Crippen LogP contribution >= 0.6 is 23.4 Å². The zero-order valence-electron chi connectivity index (χ0n) is 12.0. The smallest absolute Gasteiger partial charge is 0.271 e. The molecule has 0 aliphatic carbocycles. The first kappa shape index (κ1) is 18.3. The van der Waals surface area contributed by atoms with Gasteiger partial charge in [-0.2, -0.15) is 0 Å². The lowest BCUT2D eigenvalue weighted by Gasteiger charge is -2.09. The highest BCUT2D eigenvalue weighted by Gasteiger charge is 2.08. The first-order valence-electron chi connectivity index (χ1n) is 6.67. The molecule has 1 amide bonds. The highest BCUT2D eigenvalue weighted by Crippen LogP contribution is 2.26. The molecule has 0 aliphatic heterocycles. The van der Waals surface area contributed by atoms with Crippen LogP contribution in [-0.2, 0) is 4.79 Å². The number of nitro groups is 1. The van der Waals surface area contributed by atoms with Crippen LogP contribution in [0.4, 0.5) is 11.4 Å². The Kier molecular flexibility index (Phi) is 8.39. The molecule has 1 rings (SSSR count). The van der Waals surface area contributed by atoms with E-state index in [2.05, 4.69) is 17.2 Å². The number of nitrogens with zero attached hydrogens (tertiary/aromatic N) is 1. The molecule has 0 fully saturated rings. The van der Waals surface area contributed by atoms with Crippen LogP contribution < -0.4 is 10.6 Å². The number of amides is 1. The zero-order valence-corrected chi connectivity index (χ0v) is 13.6. The van der Waals surface area contributed by atoms with Crippen molar-refractivity contribution in [1.82, 2.24) is 5.32 Å². The molecule has 0 heterocycles. The molecule has 0 aromatic heterocycles. The maximum Gasteiger partial charge on any atom is 0.271 e. The van der Waals surface area contributed by atoms with E-state index in [1.165, 1.54) is 23.9 Å². The van der Waals surface area contributed by atoms with Gasteiger partial charge in [0, 0.05) is 31.0 Å². The van der Waals surface area contributed by atoms with Crippen LogP contribution in [0.2, 0.25) is 5.02 Å². The van der Waals surface area contributed by atoms with Crippen molar-refractivity contribution >= 4 is 40.6 Å². The highest BCUT2D eigenvalue weighted by molar-refractivity contribution is 8.00. The summed E-state index contributed by atoms with van der Waals surface area (Å²) in [7, 11) is 0. The summed E-state index contributed by atoms with van der Waals surface area (Å²) in [5.41, 5.74) is 0.597. The third-order valence-electron chi connectivity index (χ3n) is 2.62. The number of non-ortho nitro benzene ring substituents is 1. The van der Waals surface area contributed by atoms with Crippen LogP contribution in [0.1, 0.15) is 6.42 Å². The lowest BCUT2D eigenvalue weighted by molar-refractivity contribution is -0.384. The number of benzene rings is 1. The maximum absolute atomic E-state index is 11.4. The van der Waals surface area contributed by atoms with Gasteiger partial charge in [-0.3, -0.25) is 14.9 Å². The topological polar surface area (TPSA) is 84.3 Å². The molecule has 0 radical (unpaired) electrons. The summed E-state index contributed by atoms with van der Waals surface area (Å²) in [6.45, 7) is 4.76. The Balaban J connectivity index is 2.23. The standard InChI is InChI=1S/C14H18ClN3O3S/c1-2-8-22-10-14(19)17-7-3-6-16-13-5-4-11(18(20)21)9-12(13)15/h2,4-5,9,16H,1,3,6-8,10H2,(H,17,19). The van der Waals surface area contributed by atoms with Crippen LogP contribution in [-0.4, -0.2) is 35.4 Å². The average molecular weight is 344 g/mol. The fraction of sp³-hybridized carbons (Fsp3) is 0.357. The fourth-order valence-electron chi connectivity index (χ4n) is 1.59. The van der Waals surface area contributed by atoms with Gasteiger partial charge in [0.2, 0.25) is 5.91 Å². The normalized spacial score (nSPS) is 10.0. The number of carbonyl (C=O) groups excluding carboxylic acids is 1. The number of nitrogens with one attached hydrogen (secondary N) is 2. The Morgan fingerprint density at radius 2 is 2.23 bits per heavy atom. The largest absolute Gasteiger partial charge is 0.384 e.